The quantitative estimate of drug-likeness (QED) is 0.925. The molecule has 0 bridgehead atoms. The van der Waals surface area contributed by atoms with E-state index in [2.05, 4.69) is 15.3 Å². The number of hydrogen-bond donors (Lipinski definition) is 1. The Morgan fingerprint density at radius 1 is 1.15 bits per heavy atom. The van der Waals surface area contributed by atoms with Crippen molar-refractivity contribution >= 4 is 5.82 Å². The van der Waals surface area contributed by atoms with Crippen molar-refractivity contribution in [2.45, 2.75) is 31.7 Å². The lowest BCUT2D eigenvalue weighted by atomic mass is 9.83. The molecule has 0 atom stereocenters. The van der Waals surface area contributed by atoms with E-state index in [1.807, 2.05) is 6.07 Å². The second-order valence-electron chi connectivity index (χ2n) is 5.05. The molecule has 0 saturated heterocycles. The van der Waals surface area contributed by atoms with Gasteiger partial charge in [0.2, 0.25) is 0 Å². The van der Waals surface area contributed by atoms with Gasteiger partial charge in [0.1, 0.15) is 23.8 Å². The average Bonchev–Trinajstić information content (AvgIpc) is 2.36. The van der Waals surface area contributed by atoms with Gasteiger partial charge in [-0.3, -0.25) is 0 Å². The topological polar surface area (TPSA) is 37.8 Å². The molecule has 5 heteroatoms. The second-order valence-corrected chi connectivity index (χ2v) is 5.05. The van der Waals surface area contributed by atoms with Gasteiger partial charge in [-0.2, -0.15) is 0 Å². The maximum absolute atomic E-state index is 13.5. The smallest absolute Gasteiger partial charge is 0.131 e. The lowest BCUT2D eigenvalue weighted by molar-refractivity contribution is 0.410. The van der Waals surface area contributed by atoms with Crippen LogP contribution in [0.15, 0.2) is 30.6 Å². The van der Waals surface area contributed by atoms with Crippen molar-refractivity contribution in [3.8, 4) is 0 Å². The van der Waals surface area contributed by atoms with E-state index >= 15 is 0 Å². The summed E-state index contributed by atoms with van der Waals surface area (Å²) in [5, 5.41) is 3.05. The van der Waals surface area contributed by atoms with Crippen molar-refractivity contribution in [2.75, 3.05) is 5.32 Å². The molecule has 20 heavy (non-hydrogen) atoms. The van der Waals surface area contributed by atoms with Gasteiger partial charge in [0.25, 0.3) is 0 Å². The summed E-state index contributed by atoms with van der Waals surface area (Å²) in [7, 11) is 0. The number of halogens is 2. The second kappa shape index (κ2) is 5.53. The summed E-state index contributed by atoms with van der Waals surface area (Å²) in [4.78, 5) is 8.39. The molecule has 1 fully saturated rings. The van der Waals surface area contributed by atoms with E-state index in [0.717, 1.165) is 11.8 Å². The molecule has 3 nitrogen and oxygen atoms in total. The van der Waals surface area contributed by atoms with E-state index in [1.54, 1.807) is 0 Å². The maximum Gasteiger partial charge on any atom is 0.131 e. The highest BCUT2D eigenvalue weighted by atomic mass is 19.1. The summed E-state index contributed by atoms with van der Waals surface area (Å²) < 4.78 is 26.3. The van der Waals surface area contributed by atoms with Crippen molar-refractivity contribution < 1.29 is 8.78 Å². The summed E-state index contributed by atoms with van der Waals surface area (Å²) in [5.74, 6) is 0.0815. The molecule has 3 rings (SSSR count). The zero-order valence-corrected chi connectivity index (χ0v) is 10.9. The fraction of sp³-hybridized carbons (Fsp3) is 0.333. The Kier molecular flexibility index (Phi) is 3.58. The van der Waals surface area contributed by atoms with Crippen LogP contribution in [-0.2, 0) is 6.54 Å². The number of hydrogen-bond acceptors (Lipinski definition) is 3. The van der Waals surface area contributed by atoms with Gasteiger partial charge in [-0.25, -0.2) is 18.7 Å². The number of nitrogens with zero attached hydrogens (tertiary/aromatic N) is 2. The number of rotatable bonds is 4. The lowest BCUT2D eigenvalue weighted by Crippen LogP contribution is -2.12. The van der Waals surface area contributed by atoms with Crippen LogP contribution in [0.4, 0.5) is 14.6 Å². The van der Waals surface area contributed by atoms with Crippen LogP contribution >= 0.6 is 0 Å². The van der Waals surface area contributed by atoms with Crippen LogP contribution in [0.25, 0.3) is 0 Å². The number of anilines is 1. The van der Waals surface area contributed by atoms with E-state index in [4.69, 9.17) is 0 Å². The summed E-state index contributed by atoms with van der Waals surface area (Å²) in [6, 6.07) is 5.48. The fourth-order valence-electron chi connectivity index (χ4n) is 2.25. The third kappa shape index (κ3) is 2.76. The molecule has 0 spiro atoms. The molecule has 1 aliphatic carbocycles. The monoisotopic (exact) mass is 275 g/mol. The average molecular weight is 275 g/mol. The summed E-state index contributed by atoms with van der Waals surface area (Å²) >= 11 is 0. The standard InChI is InChI=1S/C15H15F2N3/c16-12-5-4-11(13(17)6-12)8-18-15-7-14(19-9-20-15)10-2-1-3-10/h4-7,9-10H,1-3,8H2,(H,18,19,20). The van der Waals surface area contributed by atoms with Crippen LogP contribution in [0.3, 0.4) is 0 Å². The van der Waals surface area contributed by atoms with Crippen LogP contribution in [0, 0.1) is 11.6 Å². The third-order valence-electron chi connectivity index (χ3n) is 3.69. The Labute approximate surface area is 116 Å². The largest absolute Gasteiger partial charge is 0.366 e. The minimum Gasteiger partial charge on any atom is -0.366 e. The molecule has 1 heterocycles. The molecule has 1 N–H and O–H groups in total. The van der Waals surface area contributed by atoms with Crippen LogP contribution in [-0.4, -0.2) is 9.97 Å². The van der Waals surface area contributed by atoms with Gasteiger partial charge < -0.3 is 5.32 Å². The van der Waals surface area contributed by atoms with Gasteiger partial charge in [-0.15, -0.1) is 0 Å². The fourth-order valence-corrected chi connectivity index (χ4v) is 2.25. The Balaban J connectivity index is 1.68. The highest BCUT2D eigenvalue weighted by Gasteiger charge is 2.21. The normalized spacial score (nSPS) is 14.9. The molecular weight excluding hydrogens is 260 g/mol. The Hall–Kier alpha value is -2.04. The van der Waals surface area contributed by atoms with Crippen LogP contribution in [0.1, 0.15) is 36.4 Å². The Morgan fingerprint density at radius 2 is 2.00 bits per heavy atom. The molecule has 1 aromatic carbocycles. The first-order valence-corrected chi connectivity index (χ1v) is 6.72. The first-order chi connectivity index (χ1) is 9.72. The van der Waals surface area contributed by atoms with Crippen molar-refractivity contribution in [1.82, 2.24) is 9.97 Å². The minimum absolute atomic E-state index is 0.271. The Morgan fingerprint density at radius 3 is 2.70 bits per heavy atom. The molecule has 1 saturated carbocycles. The Bertz CT molecular complexity index is 612. The molecule has 1 aliphatic rings. The summed E-state index contributed by atoms with van der Waals surface area (Å²) in [5.41, 5.74) is 1.45. The molecule has 0 amide bonds. The number of benzene rings is 1. The van der Waals surface area contributed by atoms with Crippen molar-refractivity contribution in [2.24, 2.45) is 0 Å². The molecule has 0 radical (unpaired) electrons. The third-order valence-corrected chi connectivity index (χ3v) is 3.69. The summed E-state index contributed by atoms with van der Waals surface area (Å²) in [6.45, 7) is 0.271. The van der Waals surface area contributed by atoms with Crippen LogP contribution in [0.2, 0.25) is 0 Å². The van der Waals surface area contributed by atoms with E-state index in [0.29, 0.717) is 17.3 Å². The van der Waals surface area contributed by atoms with Gasteiger partial charge in [0, 0.05) is 35.9 Å². The van der Waals surface area contributed by atoms with E-state index in [9.17, 15) is 8.78 Å². The van der Waals surface area contributed by atoms with Gasteiger partial charge in [0.05, 0.1) is 0 Å². The van der Waals surface area contributed by atoms with Gasteiger partial charge >= 0.3 is 0 Å². The molecule has 0 unspecified atom stereocenters. The van der Waals surface area contributed by atoms with Gasteiger partial charge in [-0.1, -0.05) is 12.5 Å². The predicted molar refractivity (Wildman–Crippen MR) is 72.3 cm³/mol. The molecule has 1 aromatic heterocycles. The molecule has 2 aromatic rings. The summed E-state index contributed by atoms with van der Waals surface area (Å²) in [6.07, 6.45) is 5.11. The number of nitrogens with one attached hydrogen (secondary N) is 1. The first-order valence-electron chi connectivity index (χ1n) is 6.72. The highest BCUT2D eigenvalue weighted by molar-refractivity contribution is 5.37. The zero-order chi connectivity index (χ0) is 13.9. The zero-order valence-electron chi connectivity index (χ0n) is 10.9. The molecule has 104 valence electrons. The van der Waals surface area contributed by atoms with Crippen molar-refractivity contribution in [3.05, 3.63) is 53.5 Å². The van der Waals surface area contributed by atoms with E-state index in [-0.39, 0.29) is 6.54 Å². The van der Waals surface area contributed by atoms with Crippen molar-refractivity contribution in [1.29, 1.82) is 0 Å². The van der Waals surface area contributed by atoms with Gasteiger partial charge in [-0.05, 0) is 18.9 Å². The van der Waals surface area contributed by atoms with E-state index in [1.165, 1.54) is 37.7 Å². The number of aromatic nitrogens is 2. The molecule has 0 aliphatic heterocycles. The lowest BCUT2D eigenvalue weighted by Gasteiger charge is -2.24. The van der Waals surface area contributed by atoms with Crippen LogP contribution < -0.4 is 5.32 Å². The first kappa shape index (κ1) is 13.0. The maximum atomic E-state index is 13.5. The van der Waals surface area contributed by atoms with E-state index < -0.39 is 11.6 Å². The SMILES string of the molecule is Fc1ccc(CNc2cc(C3CCC3)ncn2)c(F)c1. The molecular formula is C15H15F2N3. The highest BCUT2D eigenvalue weighted by Crippen LogP contribution is 2.35. The predicted octanol–water partition coefficient (Wildman–Crippen LogP) is 3.63. The van der Waals surface area contributed by atoms with Crippen molar-refractivity contribution in [3.63, 3.8) is 0 Å². The van der Waals surface area contributed by atoms with Gasteiger partial charge in [0.15, 0.2) is 0 Å². The minimum atomic E-state index is -0.569. The van der Waals surface area contributed by atoms with Crippen LogP contribution in [0.5, 0.6) is 0 Å².